The Kier molecular flexibility index (Phi) is 4.90. The molecule has 0 spiro atoms. The van der Waals surface area contributed by atoms with E-state index < -0.39 is 35.7 Å². The predicted octanol–water partition coefficient (Wildman–Crippen LogP) is -1.58. The molecule has 0 aromatic heterocycles. The molecule has 0 fully saturated rings. The van der Waals surface area contributed by atoms with Gasteiger partial charge in [0, 0.05) is 6.54 Å². The number of amides is 2. The highest BCUT2D eigenvalue weighted by Gasteiger charge is 2.26. The van der Waals surface area contributed by atoms with Gasteiger partial charge in [0.15, 0.2) is 0 Å². The van der Waals surface area contributed by atoms with Gasteiger partial charge in [-0.15, -0.1) is 0 Å². The molecule has 16 heavy (non-hydrogen) atoms. The summed E-state index contributed by atoms with van der Waals surface area (Å²) < 4.78 is 0. The second-order valence-corrected chi connectivity index (χ2v) is 4.17. The maximum Gasteiger partial charge on any atom is 0.305 e. The Morgan fingerprint density at radius 2 is 1.88 bits per heavy atom. The monoisotopic (exact) mass is 231 g/mol. The second kappa shape index (κ2) is 5.45. The molecule has 7 heteroatoms. The third kappa shape index (κ3) is 4.74. The van der Waals surface area contributed by atoms with Crippen LogP contribution in [0, 0.1) is 5.41 Å². The number of carbonyl (C=O) groups excluding carboxylic acids is 2. The molecule has 92 valence electrons. The molecular formula is C9H17N3O4. The molecule has 0 saturated heterocycles. The quantitative estimate of drug-likeness (QED) is 0.437. The number of rotatable bonds is 6. The standard InChI is InChI=1S/C9H17N3O4/c1-9(2,8(11)16)4-12-7(15)5(10)3-6(13)14/h5H,3-4,10H2,1-2H3,(H2,11,16)(H,12,15)(H,13,14). The van der Waals surface area contributed by atoms with Gasteiger partial charge in [-0.1, -0.05) is 0 Å². The second-order valence-electron chi connectivity index (χ2n) is 4.17. The lowest BCUT2D eigenvalue weighted by Crippen LogP contribution is -2.48. The molecule has 2 amide bonds. The fourth-order valence-corrected chi connectivity index (χ4v) is 0.807. The summed E-state index contributed by atoms with van der Waals surface area (Å²) in [5.74, 6) is -2.33. The molecule has 0 radical (unpaired) electrons. The van der Waals surface area contributed by atoms with Crippen LogP contribution in [0.5, 0.6) is 0 Å². The Bertz CT molecular complexity index is 301. The van der Waals surface area contributed by atoms with Crippen LogP contribution in [0.2, 0.25) is 0 Å². The molecule has 1 atom stereocenters. The first-order valence-electron chi connectivity index (χ1n) is 4.72. The molecule has 0 aromatic carbocycles. The maximum absolute atomic E-state index is 11.3. The first-order valence-corrected chi connectivity index (χ1v) is 4.72. The summed E-state index contributed by atoms with van der Waals surface area (Å²) in [7, 11) is 0. The lowest BCUT2D eigenvalue weighted by Gasteiger charge is -2.21. The van der Waals surface area contributed by atoms with E-state index in [0.29, 0.717) is 0 Å². The molecular weight excluding hydrogens is 214 g/mol. The highest BCUT2D eigenvalue weighted by atomic mass is 16.4. The van der Waals surface area contributed by atoms with Crippen LogP contribution in [0.4, 0.5) is 0 Å². The van der Waals surface area contributed by atoms with Gasteiger partial charge in [-0.25, -0.2) is 0 Å². The van der Waals surface area contributed by atoms with E-state index in [1.54, 1.807) is 13.8 Å². The SMILES string of the molecule is CC(C)(CNC(=O)C(N)CC(=O)O)C(N)=O. The number of aliphatic carboxylic acids is 1. The van der Waals surface area contributed by atoms with Gasteiger partial charge in [-0.05, 0) is 13.8 Å². The van der Waals surface area contributed by atoms with Crippen LogP contribution in [-0.2, 0) is 14.4 Å². The summed E-state index contributed by atoms with van der Waals surface area (Å²) >= 11 is 0. The van der Waals surface area contributed by atoms with Crippen molar-refractivity contribution in [3.8, 4) is 0 Å². The fourth-order valence-electron chi connectivity index (χ4n) is 0.807. The van der Waals surface area contributed by atoms with Crippen molar-refractivity contribution in [3.05, 3.63) is 0 Å². The van der Waals surface area contributed by atoms with Crippen molar-refractivity contribution < 1.29 is 19.5 Å². The van der Waals surface area contributed by atoms with Crippen LogP contribution in [0.3, 0.4) is 0 Å². The third-order valence-electron chi connectivity index (χ3n) is 2.10. The Hall–Kier alpha value is -1.63. The number of nitrogens with one attached hydrogen (secondary N) is 1. The zero-order valence-corrected chi connectivity index (χ0v) is 9.32. The molecule has 0 aliphatic rings. The molecule has 7 nitrogen and oxygen atoms in total. The van der Waals surface area contributed by atoms with Gasteiger partial charge in [0.25, 0.3) is 0 Å². The number of carboxylic acids is 1. The first kappa shape index (κ1) is 14.4. The van der Waals surface area contributed by atoms with Gasteiger partial charge in [-0.2, -0.15) is 0 Å². The van der Waals surface area contributed by atoms with E-state index in [1.807, 2.05) is 0 Å². The summed E-state index contributed by atoms with van der Waals surface area (Å²) in [4.78, 5) is 32.5. The van der Waals surface area contributed by atoms with Crippen molar-refractivity contribution >= 4 is 17.8 Å². The van der Waals surface area contributed by atoms with E-state index in [2.05, 4.69) is 5.32 Å². The van der Waals surface area contributed by atoms with Gasteiger partial charge < -0.3 is 21.9 Å². The molecule has 0 aliphatic carbocycles. The zero-order chi connectivity index (χ0) is 12.9. The Morgan fingerprint density at radius 3 is 2.25 bits per heavy atom. The molecule has 0 heterocycles. The minimum atomic E-state index is -1.16. The topological polar surface area (TPSA) is 136 Å². The van der Waals surface area contributed by atoms with Crippen LogP contribution in [0.15, 0.2) is 0 Å². The molecule has 0 bridgehead atoms. The molecule has 0 aromatic rings. The average molecular weight is 231 g/mol. The number of hydrogen-bond acceptors (Lipinski definition) is 4. The van der Waals surface area contributed by atoms with Crippen LogP contribution >= 0.6 is 0 Å². The molecule has 0 aliphatic heterocycles. The van der Waals surface area contributed by atoms with Gasteiger partial charge >= 0.3 is 5.97 Å². The number of carboxylic acid groups (broad SMARTS) is 1. The van der Waals surface area contributed by atoms with Crippen molar-refractivity contribution in [3.63, 3.8) is 0 Å². The molecule has 1 unspecified atom stereocenters. The largest absolute Gasteiger partial charge is 0.481 e. The molecule has 0 rings (SSSR count). The van der Waals surface area contributed by atoms with E-state index in [4.69, 9.17) is 16.6 Å². The Morgan fingerprint density at radius 1 is 1.38 bits per heavy atom. The van der Waals surface area contributed by atoms with Crippen LogP contribution in [-0.4, -0.2) is 35.5 Å². The summed E-state index contributed by atoms with van der Waals surface area (Å²) in [5, 5.41) is 10.8. The van der Waals surface area contributed by atoms with Gasteiger partial charge in [0.1, 0.15) is 0 Å². The zero-order valence-electron chi connectivity index (χ0n) is 9.32. The summed E-state index contributed by atoms with van der Waals surface area (Å²) in [6.45, 7) is 3.16. The Balaban J connectivity index is 4.17. The first-order chi connectivity index (χ1) is 7.16. The molecule has 6 N–H and O–H groups in total. The van der Waals surface area contributed by atoms with Gasteiger partial charge in [-0.3, -0.25) is 14.4 Å². The summed E-state index contributed by atoms with van der Waals surface area (Å²) in [5.41, 5.74) is 9.52. The van der Waals surface area contributed by atoms with E-state index >= 15 is 0 Å². The van der Waals surface area contributed by atoms with Crippen molar-refractivity contribution in [2.45, 2.75) is 26.3 Å². The average Bonchev–Trinajstić information content (AvgIpc) is 2.12. The lowest BCUT2D eigenvalue weighted by molar-refractivity contribution is -0.139. The number of primary amides is 1. The highest BCUT2D eigenvalue weighted by molar-refractivity contribution is 5.87. The predicted molar refractivity (Wildman–Crippen MR) is 56.2 cm³/mol. The van der Waals surface area contributed by atoms with Gasteiger partial charge in [0.05, 0.1) is 17.9 Å². The van der Waals surface area contributed by atoms with E-state index in [-0.39, 0.29) is 6.54 Å². The summed E-state index contributed by atoms with van der Waals surface area (Å²) in [6, 6.07) is -1.12. The van der Waals surface area contributed by atoms with E-state index in [0.717, 1.165) is 0 Å². The van der Waals surface area contributed by atoms with Crippen molar-refractivity contribution in [1.82, 2.24) is 5.32 Å². The normalized spacial score (nSPS) is 12.9. The van der Waals surface area contributed by atoms with Crippen LogP contribution in [0.25, 0.3) is 0 Å². The fraction of sp³-hybridized carbons (Fsp3) is 0.667. The maximum atomic E-state index is 11.3. The minimum absolute atomic E-state index is 0.0223. The lowest BCUT2D eigenvalue weighted by atomic mass is 9.92. The summed E-state index contributed by atoms with van der Waals surface area (Å²) in [6.07, 6.45) is -0.456. The van der Waals surface area contributed by atoms with Crippen molar-refractivity contribution in [2.24, 2.45) is 16.9 Å². The Labute approximate surface area is 93.2 Å². The molecule has 0 saturated carbocycles. The van der Waals surface area contributed by atoms with E-state index in [9.17, 15) is 14.4 Å². The smallest absolute Gasteiger partial charge is 0.305 e. The van der Waals surface area contributed by atoms with Crippen LogP contribution < -0.4 is 16.8 Å². The number of hydrogen-bond donors (Lipinski definition) is 4. The van der Waals surface area contributed by atoms with Crippen molar-refractivity contribution in [1.29, 1.82) is 0 Å². The third-order valence-corrected chi connectivity index (χ3v) is 2.10. The number of nitrogens with two attached hydrogens (primary N) is 2. The minimum Gasteiger partial charge on any atom is -0.481 e. The highest BCUT2D eigenvalue weighted by Crippen LogP contribution is 2.11. The van der Waals surface area contributed by atoms with Crippen molar-refractivity contribution in [2.75, 3.05) is 6.54 Å². The van der Waals surface area contributed by atoms with E-state index in [1.165, 1.54) is 0 Å². The van der Waals surface area contributed by atoms with Gasteiger partial charge in [0.2, 0.25) is 11.8 Å². The van der Waals surface area contributed by atoms with Crippen LogP contribution in [0.1, 0.15) is 20.3 Å². The number of carbonyl (C=O) groups is 3.